The fourth-order valence-electron chi connectivity index (χ4n) is 3.20. The van der Waals surface area contributed by atoms with Crippen molar-refractivity contribution in [2.75, 3.05) is 22.9 Å². The molecule has 0 aliphatic rings. The Morgan fingerprint density at radius 1 is 1.06 bits per heavy atom. The highest BCUT2D eigenvalue weighted by Crippen LogP contribution is 2.22. The molecule has 3 rings (SSSR count). The molecule has 3 aromatic rings. The molecule has 0 aliphatic heterocycles. The second-order valence-electron chi connectivity index (χ2n) is 7.82. The topological polar surface area (TPSA) is 118 Å². The Bertz CT molecular complexity index is 1260. The number of ether oxygens (including phenoxy) is 1. The standard InChI is InChI=1S/C25H28N4O5S/c1-4-23(34-20-13-11-19(12-14-20)29(2)35(3,32)33)25(31)28-22-10-6-5-9-21(22)24(30)27-17-18-8-7-15-26-16-18/h5-16,23H,4,17H2,1-3H3,(H,27,30)(H,28,31)/t23-/m1/s1. The van der Waals surface area contributed by atoms with Crippen LogP contribution in [0.4, 0.5) is 11.4 Å². The molecule has 0 spiro atoms. The molecule has 35 heavy (non-hydrogen) atoms. The third-order valence-corrected chi connectivity index (χ3v) is 6.45. The van der Waals surface area contributed by atoms with E-state index < -0.39 is 22.0 Å². The van der Waals surface area contributed by atoms with Gasteiger partial charge in [0.25, 0.3) is 11.8 Å². The van der Waals surface area contributed by atoms with Crippen LogP contribution < -0.4 is 19.7 Å². The lowest BCUT2D eigenvalue weighted by atomic mass is 10.1. The number of benzene rings is 2. The minimum absolute atomic E-state index is 0.306. The summed E-state index contributed by atoms with van der Waals surface area (Å²) in [4.78, 5) is 29.7. The van der Waals surface area contributed by atoms with Crippen LogP contribution in [0, 0.1) is 0 Å². The number of para-hydroxylation sites is 1. The normalized spacial score (nSPS) is 11.9. The Hall–Kier alpha value is -3.92. The molecule has 10 heteroatoms. The number of nitrogens with zero attached hydrogens (tertiary/aromatic N) is 2. The second-order valence-corrected chi connectivity index (χ2v) is 9.83. The van der Waals surface area contributed by atoms with Gasteiger partial charge in [-0.15, -0.1) is 0 Å². The lowest BCUT2D eigenvalue weighted by Gasteiger charge is -2.20. The highest BCUT2D eigenvalue weighted by molar-refractivity contribution is 7.92. The molecule has 1 aromatic heterocycles. The molecule has 0 radical (unpaired) electrons. The van der Waals surface area contributed by atoms with E-state index in [0.29, 0.717) is 35.7 Å². The first-order valence-electron chi connectivity index (χ1n) is 11.0. The van der Waals surface area contributed by atoms with Gasteiger partial charge in [-0.2, -0.15) is 0 Å². The number of carbonyl (C=O) groups excluding carboxylic acids is 2. The van der Waals surface area contributed by atoms with E-state index in [9.17, 15) is 18.0 Å². The second kappa shape index (κ2) is 11.5. The third kappa shape index (κ3) is 7.03. The number of amides is 2. The van der Waals surface area contributed by atoms with Gasteiger partial charge in [-0.25, -0.2) is 8.42 Å². The molecule has 0 saturated carbocycles. The van der Waals surface area contributed by atoms with Crippen LogP contribution in [0.15, 0.2) is 73.1 Å². The van der Waals surface area contributed by atoms with Crippen LogP contribution in [-0.2, 0) is 21.4 Å². The molecule has 184 valence electrons. The Morgan fingerprint density at radius 3 is 2.40 bits per heavy atom. The van der Waals surface area contributed by atoms with Crippen molar-refractivity contribution in [3.63, 3.8) is 0 Å². The zero-order valence-electron chi connectivity index (χ0n) is 19.8. The predicted molar refractivity (Wildman–Crippen MR) is 135 cm³/mol. The van der Waals surface area contributed by atoms with Crippen LogP contribution in [0.1, 0.15) is 29.3 Å². The summed E-state index contributed by atoms with van der Waals surface area (Å²) in [6.07, 6.45) is 4.01. The molecule has 0 bridgehead atoms. The average Bonchev–Trinajstić information content (AvgIpc) is 2.86. The Morgan fingerprint density at radius 2 is 1.77 bits per heavy atom. The number of sulfonamides is 1. The van der Waals surface area contributed by atoms with Gasteiger partial charge in [0.15, 0.2) is 6.10 Å². The van der Waals surface area contributed by atoms with Crippen LogP contribution in [-0.4, -0.2) is 44.6 Å². The van der Waals surface area contributed by atoms with Crippen LogP contribution >= 0.6 is 0 Å². The van der Waals surface area contributed by atoms with Crippen molar-refractivity contribution in [1.29, 1.82) is 0 Å². The van der Waals surface area contributed by atoms with E-state index in [2.05, 4.69) is 15.6 Å². The quantitative estimate of drug-likeness (QED) is 0.445. The summed E-state index contributed by atoms with van der Waals surface area (Å²) in [7, 11) is -1.93. The number of nitrogens with one attached hydrogen (secondary N) is 2. The van der Waals surface area contributed by atoms with Crippen molar-refractivity contribution in [3.8, 4) is 5.75 Å². The fraction of sp³-hybridized carbons (Fsp3) is 0.240. The molecule has 1 atom stereocenters. The molecule has 2 N–H and O–H groups in total. The zero-order chi connectivity index (χ0) is 25.4. The van der Waals surface area contributed by atoms with E-state index in [0.717, 1.165) is 16.1 Å². The molecule has 0 saturated heterocycles. The molecule has 9 nitrogen and oxygen atoms in total. The zero-order valence-corrected chi connectivity index (χ0v) is 20.6. The van der Waals surface area contributed by atoms with E-state index in [4.69, 9.17) is 4.74 Å². The minimum Gasteiger partial charge on any atom is -0.481 e. The first kappa shape index (κ1) is 25.7. The highest BCUT2D eigenvalue weighted by Gasteiger charge is 2.21. The number of hydrogen-bond donors (Lipinski definition) is 2. The number of aromatic nitrogens is 1. The van der Waals surface area contributed by atoms with Crippen molar-refractivity contribution < 1.29 is 22.7 Å². The number of anilines is 2. The molecule has 2 amide bonds. The number of rotatable bonds is 10. The minimum atomic E-state index is -3.38. The lowest BCUT2D eigenvalue weighted by molar-refractivity contribution is -0.122. The SMILES string of the molecule is CC[C@@H](Oc1ccc(N(C)S(C)(=O)=O)cc1)C(=O)Nc1ccccc1C(=O)NCc1cccnc1. The van der Waals surface area contributed by atoms with E-state index in [1.165, 1.54) is 7.05 Å². The summed E-state index contributed by atoms with van der Waals surface area (Å²) in [6, 6.07) is 16.8. The van der Waals surface area contributed by atoms with E-state index in [1.54, 1.807) is 67.0 Å². The first-order chi connectivity index (χ1) is 16.7. The first-order valence-corrected chi connectivity index (χ1v) is 12.8. The van der Waals surface area contributed by atoms with Crippen LogP contribution in [0.5, 0.6) is 5.75 Å². The number of hydrogen-bond acceptors (Lipinski definition) is 6. The van der Waals surface area contributed by atoms with Gasteiger partial charge in [-0.3, -0.25) is 18.9 Å². The molecule has 0 fully saturated rings. The molecule has 0 unspecified atom stereocenters. The van der Waals surface area contributed by atoms with Gasteiger partial charge >= 0.3 is 0 Å². The third-order valence-electron chi connectivity index (χ3n) is 5.24. The smallest absolute Gasteiger partial charge is 0.265 e. The predicted octanol–water partition coefficient (Wildman–Crippen LogP) is 3.20. The van der Waals surface area contributed by atoms with Crippen molar-refractivity contribution in [2.24, 2.45) is 0 Å². The van der Waals surface area contributed by atoms with Gasteiger partial charge in [-0.05, 0) is 54.4 Å². The van der Waals surface area contributed by atoms with Gasteiger partial charge < -0.3 is 15.4 Å². The summed E-state index contributed by atoms with van der Waals surface area (Å²) in [5.74, 6) is -0.318. The monoisotopic (exact) mass is 496 g/mol. The van der Waals surface area contributed by atoms with E-state index >= 15 is 0 Å². The summed E-state index contributed by atoms with van der Waals surface area (Å²) < 4.78 is 30.4. The molecular formula is C25H28N4O5S. The Kier molecular flexibility index (Phi) is 8.43. The van der Waals surface area contributed by atoms with E-state index in [-0.39, 0.29) is 5.91 Å². The molecule has 1 heterocycles. The summed E-state index contributed by atoms with van der Waals surface area (Å²) >= 11 is 0. The van der Waals surface area contributed by atoms with E-state index in [1.807, 2.05) is 13.0 Å². The van der Waals surface area contributed by atoms with Gasteiger partial charge in [-0.1, -0.05) is 25.1 Å². The van der Waals surface area contributed by atoms with Crippen LogP contribution in [0.2, 0.25) is 0 Å². The maximum Gasteiger partial charge on any atom is 0.265 e. The van der Waals surface area contributed by atoms with Gasteiger partial charge in [0, 0.05) is 26.0 Å². The number of carbonyl (C=O) groups is 2. The molecule has 0 aliphatic carbocycles. The Balaban J connectivity index is 1.66. The maximum atomic E-state index is 12.9. The molecular weight excluding hydrogens is 468 g/mol. The number of pyridine rings is 1. The highest BCUT2D eigenvalue weighted by atomic mass is 32.2. The van der Waals surface area contributed by atoms with Crippen LogP contribution in [0.25, 0.3) is 0 Å². The van der Waals surface area contributed by atoms with Crippen LogP contribution in [0.3, 0.4) is 0 Å². The fourth-order valence-corrected chi connectivity index (χ4v) is 3.70. The Labute approximate surface area is 205 Å². The summed E-state index contributed by atoms with van der Waals surface area (Å²) in [5.41, 5.74) is 2.03. The average molecular weight is 497 g/mol. The van der Waals surface area contributed by atoms with Crippen molar-refractivity contribution in [1.82, 2.24) is 10.3 Å². The largest absolute Gasteiger partial charge is 0.481 e. The van der Waals surface area contributed by atoms with Gasteiger partial charge in [0.2, 0.25) is 10.0 Å². The van der Waals surface area contributed by atoms with Gasteiger partial charge in [0.1, 0.15) is 5.75 Å². The molecule has 2 aromatic carbocycles. The van der Waals surface area contributed by atoms with Crippen molar-refractivity contribution >= 4 is 33.2 Å². The van der Waals surface area contributed by atoms with Gasteiger partial charge in [0.05, 0.1) is 23.2 Å². The van der Waals surface area contributed by atoms with Crippen molar-refractivity contribution in [2.45, 2.75) is 26.0 Å². The van der Waals surface area contributed by atoms with Crippen molar-refractivity contribution in [3.05, 3.63) is 84.2 Å². The maximum absolute atomic E-state index is 12.9. The summed E-state index contributed by atoms with van der Waals surface area (Å²) in [6.45, 7) is 2.11. The summed E-state index contributed by atoms with van der Waals surface area (Å²) in [5, 5.41) is 5.61. The lowest BCUT2D eigenvalue weighted by Crippen LogP contribution is -2.33.